The fraction of sp³-hybridized carbons (Fsp3) is 0.359. The molecule has 10 heteroatoms. The van der Waals surface area contributed by atoms with Gasteiger partial charge in [0.2, 0.25) is 0 Å². The highest BCUT2D eigenvalue weighted by molar-refractivity contribution is 7.91. The number of nitrogens with one attached hydrogen (secondary N) is 1. The summed E-state index contributed by atoms with van der Waals surface area (Å²) in [6.45, 7) is 7.56. The molecule has 0 saturated heterocycles. The maximum atomic E-state index is 15.8. The lowest BCUT2D eigenvalue weighted by Gasteiger charge is -2.26. The predicted molar refractivity (Wildman–Crippen MR) is 189 cm³/mol. The highest BCUT2D eigenvalue weighted by Crippen LogP contribution is 2.35. The van der Waals surface area contributed by atoms with E-state index in [1.807, 2.05) is 62.0 Å². The summed E-state index contributed by atoms with van der Waals surface area (Å²) in [7, 11) is -3.59. The van der Waals surface area contributed by atoms with E-state index in [9.17, 15) is 23.1 Å². The van der Waals surface area contributed by atoms with Crippen molar-refractivity contribution in [2.75, 3.05) is 11.5 Å². The molecule has 2 atom stereocenters. The molecule has 0 spiro atoms. The molecule has 5 aromatic rings. The van der Waals surface area contributed by atoms with Gasteiger partial charge in [-0.15, -0.1) is 0 Å². The van der Waals surface area contributed by atoms with E-state index in [4.69, 9.17) is 5.10 Å². The van der Waals surface area contributed by atoms with Crippen LogP contribution in [-0.2, 0) is 27.5 Å². The quantitative estimate of drug-likeness (QED) is 0.200. The van der Waals surface area contributed by atoms with Gasteiger partial charge in [-0.25, -0.2) is 12.8 Å². The molecule has 0 aliphatic carbocycles. The van der Waals surface area contributed by atoms with Gasteiger partial charge in [0.15, 0.2) is 15.6 Å². The van der Waals surface area contributed by atoms with Crippen LogP contribution in [0.4, 0.5) is 4.39 Å². The van der Waals surface area contributed by atoms with Crippen molar-refractivity contribution in [3.63, 3.8) is 0 Å². The largest absolute Gasteiger partial charge is 0.481 e. The maximum absolute atomic E-state index is 15.8. The van der Waals surface area contributed by atoms with E-state index in [-0.39, 0.29) is 35.1 Å². The summed E-state index contributed by atoms with van der Waals surface area (Å²) in [5, 5.41) is 15.2. The van der Waals surface area contributed by atoms with Crippen molar-refractivity contribution in [2.45, 2.75) is 65.8 Å². The van der Waals surface area contributed by atoms with Crippen molar-refractivity contribution in [3.8, 4) is 11.3 Å². The molecule has 6 rings (SSSR count). The van der Waals surface area contributed by atoms with Crippen molar-refractivity contribution in [1.29, 1.82) is 0 Å². The molecule has 8 nitrogen and oxygen atoms in total. The Morgan fingerprint density at radius 3 is 2.65 bits per heavy atom. The molecule has 256 valence electrons. The number of fused-ring (bicyclic) bond motifs is 8. The lowest BCUT2D eigenvalue weighted by Crippen LogP contribution is -2.27. The summed E-state index contributed by atoms with van der Waals surface area (Å²) in [5.41, 5.74) is 4.73. The molecule has 0 amide bonds. The third-order valence-corrected chi connectivity index (χ3v) is 11.7. The number of hydrogen-bond acceptors (Lipinski definition) is 5. The van der Waals surface area contributed by atoms with Crippen LogP contribution in [0.2, 0.25) is 0 Å². The minimum Gasteiger partial charge on any atom is -0.481 e. The van der Waals surface area contributed by atoms with E-state index in [0.717, 1.165) is 23.1 Å². The topological polar surface area (TPSA) is 122 Å². The third kappa shape index (κ3) is 7.39. The molecular formula is C39H42FN3O5S. The van der Waals surface area contributed by atoms with Crippen LogP contribution in [0.1, 0.15) is 84.3 Å². The number of ketones is 1. The Labute approximate surface area is 286 Å². The molecule has 3 aromatic carbocycles. The third-order valence-electron chi connectivity index (χ3n) is 9.68. The van der Waals surface area contributed by atoms with Gasteiger partial charge in [0.05, 0.1) is 34.7 Å². The minimum absolute atomic E-state index is 0.00765. The zero-order valence-corrected chi connectivity index (χ0v) is 29.1. The van der Waals surface area contributed by atoms with Gasteiger partial charge >= 0.3 is 5.97 Å². The number of aryl methyl sites for hydroxylation is 2. The number of nitrogens with zero attached hydrogens (tertiary/aromatic N) is 2. The number of aliphatic carboxylic acids is 1. The predicted octanol–water partition coefficient (Wildman–Crippen LogP) is 7.73. The average Bonchev–Trinajstić information content (AvgIpc) is 3.67. The number of aromatic amines is 1. The first-order chi connectivity index (χ1) is 23.2. The van der Waals surface area contributed by atoms with Gasteiger partial charge in [-0.05, 0) is 78.5 Å². The molecule has 1 aliphatic heterocycles. The minimum atomic E-state index is -3.59. The number of aromatic nitrogens is 3. The zero-order chi connectivity index (χ0) is 35.1. The fourth-order valence-electron chi connectivity index (χ4n) is 7.22. The summed E-state index contributed by atoms with van der Waals surface area (Å²) in [5.74, 6) is -2.86. The van der Waals surface area contributed by atoms with E-state index in [0.29, 0.717) is 47.0 Å². The van der Waals surface area contributed by atoms with E-state index in [2.05, 4.69) is 4.98 Å². The number of carbonyl (C=O) groups excluding carboxylic acids is 1. The van der Waals surface area contributed by atoms with Crippen LogP contribution in [-0.4, -0.2) is 51.5 Å². The van der Waals surface area contributed by atoms with Crippen molar-refractivity contribution in [1.82, 2.24) is 14.8 Å². The Bertz CT molecular complexity index is 2160. The first-order valence-corrected chi connectivity index (χ1v) is 18.5. The Balaban J connectivity index is 1.47. The average molecular weight is 684 g/mol. The van der Waals surface area contributed by atoms with Gasteiger partial charge in [-0.2, -0.15) is 5.10 Å². The summed E-state index contributed by atoms with van der Waals surface area (Å²) in [4.78, 5) is 28.7. The van der Waals surface area contributed by atoms with Gasteiger partial charge in [-0.3, -0.25) is 14.3 Å². The first-order valence-electron chi connectivity index (χ1n) is 16.7. The van der Waals surface area contributed by atoms with Crippen LogP contribution in [0.3, 0.4) is 0 Å². The van der Waals surface area contributed by atoms with Crippen LogP contribution in [0.15, 0.2) is 73.1 Å². The SMILES string of the molecule is Cc1cn2nc1-c1cccc(c1)C(=O)c1c(F)cc3[nH]ccc3c1CCS(=O)(=O)CC(C)(C)CCCC2c1cccc(C[C@H](C)C(=O)O)c1. The molecular weight excluding hydrogens is 642 g/mol. The van der Waals surface area contributed by atoms with E-state index in [1.165, 1.54) is 6.07 Å². The number of carboxylic acid groups (broad SMARTS) is 1. The van der Waals surface area contributed by atoms with Crippen molar-refractivity contribution >= 4 is 32.5 Å². The van der Waals surface area contributed by atoms with E-state index < -0.39 is 38.7 Å². The van der Waals surface area contributed by atoms with Crippen LogP contribution in [0.5, 0.6) is 0 Å². The standard InChI is InChI=1S/C39H42FN3O5S/c1-24(38(45)46)18-26-8-5-9-27(19-26)34-12-7-15-39(3,4)23-49(47,48)17-14-31-30-13-16-41-33(30)21-32(40)35(31)37(44)29-11-6-10-28(20-29)36-25(2)22-43(34)42-36/h5-6,8-11,13,16,19-22,24,34,41H,7,12,14-15,17-18,23H2,1-4H3,(H,45,46)/t24-,34?/m0/s1. The highest BCUT2D eigenvalue weighted by Gasteiger charge is 2.30. The Morgan fingerprint density at radius 1 is 1.12 bits per heavy atom. The maximum Gasteiger partial charge on any atom is 0.306 e. The Morgan fingerprint density at radius 2 is 1.88 bits per heavy atom. The summed E-state index contributed by atoms with van der Waals surface area (Å²) in [6, 6.07) is 17.8. The van der Waals surface area contributed by atoms with Crippen molar-refractivity contribution in [2.24, 2.45) is 11.3 Å². The summed E-state index contributed by atoms with van der Waals surface area (Å²) < 4.78 is 44.9. The van der Waals surface area contributed by atoms with Crippen LogP contribution < -0.4 is 0 Å². The van der Waals surface area contributed by atoms with Crippen molar-refractivity contribution < 1.29 is 27.5 Å². The molecule has 1 unspecified atom stereocenters. The summed E-state index contributed by atoms with van der Waals surface area (Å²) in [6.07, 6.45) is 6.08. The number of rotatable bonds is 4. The second-order valence-electron chi connectivity index (χ2n) is 14.3. The van der Waals surface area contributed by atoms with Crippen LogP contribution >= 0.6 is 0 Å². The van der Waals surface area contributed by atoms with Crippen LogP contribution in [0, 0.1) is 24.1 Å². The molecule has 0 saturated carbocycles. The zero-order valence-electron chi connectivity index (χ0n) is 28.3. The van der Waals surface area contributed by atoms with Gasteiger partial charge in [0.1, 0.15) is 5.82 Å². The smallest absolute Gasteiger partial charge is 0.306 e. The molecule has 2 N–H and O–H groups in total. The number of hydrogen-bond donors (Lipinski definition) is 2. The number of benzene rings is 3. The molecule has 1 aliphatic rings. The molecule has 49 heavy (non-hydrogen) atoms. The lowest BCUT2D eigenvalue weighted by molar-refractivity contribution is -0.141. The van der Waals surface area contributed by atoms with E-state index in [1.54, 1.807) is 37.4 Å². The normalized spacial score (nSPS) is 18.7. The number of H-pyrrole nitrogens is 1. The second-order valence-corrected chi connectivity index (χ2v) is 16.5. The fourth-order valence-corrected chi connectivity index (χ4v) is 9.21. The number of sulfone groups is 1. The molecule has 0 fully saturated rings. The summed E-state index contributed by atoms with van der Waals surface area (Å²) >= 11 is 0. The lowest BCUT2D eigenvalue weighted by atomic mass is 9.87. The van der Waals surface area contributed by atoms with Gasteiger partial charge < -0.3 is 10.1 Å². The Hall–Kier alpha value is -4.57. The van der Waals surface area contributed by atoms with E-state index >= 15 is 4.39 Å². The highest BCUT2D eigenvalue weighted by atomic mass is 32.2. The number of carbonyl (C=O) groups is 2. The van der Waals surface area contributed by atoms with Crippen LogP contribution in [0.25, 0.3) is 22.2 Å². The molecule has 4 bridgehead atoms. The molecule has 2 aromatic heterocycles. The van der Waals surface area contributed by atoms with Gasteiger partial charge in [-0.1, -0.05) is 69.7 Å². The number of halogens is 1. The Kier molecular flexibility index (Phi) is 9.37. The van der Waals surface area contributed by atoms with Gasteiger partial charge in [0.25, 0.3) is 0 Å². The first kappa shape index (κ1) is 34.3. The number of carboxylic acids is 1. The monoisotopic (exact) mass is 683 g/mol. The van der Waals surface area contributed by atoms with Gasteiger partial charge in [0, 0.05) is 34.4 Å². The molecule has 0 radical (unpaired) electrons. The second kappa shape index (κ2) is 13.4. The molecule has 3 heterocycles. The van der Waals surface area contributed by atoms with Crippen molar-refractivity contribution in [3.05, 3.63) is 112 Å².